The van der Waals surface area contributed by atoms with Crippen molar-refractivity contribution in [2.24, 2.45) is 5.92 Å². The molecule has 2 aliphatic rings. The van der Waals surface area contributed by atoms with Gasteiger partial charge >= 0.3 is 0 Å². The van der Waals surface area contributed by atoms with Crippen molar-refractivity contribution >= 4 is 22.6 Å². The third kappa shape index (κ3) is 2.04. The molecule has 1 saturated heterocycles. The Bertz CT molecular complexity index is 181. The van der Waals surface area contributed by atoms with Crippen LogP contribution in [0.4, 0.5) is 0 Å². The van der Waals surface area contributed by atoms with Crippen LogP contribution in [0.5, 0.6) is 0 Å². The molecule has 2 fully saturated rings. The lowest BCUT2D eigenvalue weighted by Gasteiger charge is -2.36. The van der Waals surface area contributed by atoms with E-state index < -0.39 is 0 Å². The van der Waals surface area contributed by atoms with Gasteiger partial charge in [-0.2, -0.15) is 0 Å². The van der Waals surface area contributed by atoms with Crippen LogP contribution in [0.3, 0.4) is 0 Å². The van der Waals surface area contributed by atoms with E-state index in [1.165, 1.54) is 32.2 Å². The molecule has 0 radical (unpaired) electrons. The highest BCUT2D eigenvalue weighted by atomic mass is 127. The zero-order valence-electron chi connectivity index (χ0n) is 8.67. The fourth-order valence-corrected chi connectivity index (χ4v) is 3.91. The van der Waals surface area contributed by atoms with Crippen LogP contribution in [0, 0.1) is 5.92 Å². The number of rotatable bonds is 1. The van der Waals surface area contributed by atoms with E-state index in [0.29, 0.717) is 0 Å². The molecule has 0 aromatic rings. The van der Waals surface area contributed by atoms with Crippen LogP contribution in [0.2, 0.25) is 0 Å². The zero-order valence-corrected chi connectivity index (χ0v) is 10.8. The van der Waals surface area contributed by atoms with Crippen molar-refractivity contribution in [2.75, 3.05) is 6.54 Å². The summed E-state index contributed by atoms with van der Waals surface area (Å²) in [5.41, 5.74) is 0. The first kappa shape index (κ1) is 10.2. The van der Waals surface area contributed by atoms with Gasteiger partial charge < -0.3 is 0 Å². The molecule has 0 amide bonds. The Morgan fingerprint density at radius 1 is 1.23 bits per heavy atom. The molecule has 13 heavy (non-hydrogen) atoms. The van der Waals surface area contributed by atoms with Gasteiger partial charge in [0, 0.05) is 16.0 Å². The minimum atomic E-state index is 0.761. The van der Waals surface area contributed by atoms with E-state index in [9.17, 15) is 0 Å². The molecule has 1 saturated carbocycles. The van der Waals surface area contributed by atoms with Crippen molar-refractivity contribution in [2.45, 2.75) is 55.5 Å². The molecule has 2 rings (SSSR count). The topological polar surface area (TPSA) is 3.24 Å². The van der Waals surface area contributed by atoms with Crippen LogP contribution in [-0.2, 0) is 0 Å². The lowest BCUT2D eigenvalue weighted by molar-refractivity contribution is 0.154. The van der Waals surface area contributed by atoms with E-state index in [-0.39, 0.29) is 0 Å². The molecule has 1 heterocycles. The molecule has 2 heteroatoms. The Kier molecular flexibility index (Phi) is 3.18. The molecular formula is C11H20IN. The molecule has 3 atom stereocenters. The largest absolute Gasteiger partial charge is 0.298 e. The number of fused-ring (bicyclic) bond motifs is 1. The molecule has 1 nitrogen and oxygen atoms in total. The van der Waals surface area contributed by atoms with Crippen molar-refractivity contribution < 1.29 is 0 Å². The van der Waals surface area contributed by atoms with Gasteiger partial charge in [0.25, 0.3) is 0 Å². The summed E-state index contributed by atoms with van der Waals surface area (Å²) < 4.78 is 0.943. The predicted octanol–water partition coefficient (Wildman–Crippen LogP) is 3.07. The molecule has 0 aromatic carbocycles. The third-order valence-electron chi connectivity index (χ3n) is 3.74. The van der Waals surface area contributed by atoms with Gasteiger partial charge in [0.2, 0.25) is 0 Å². The minimum Gasteiger partial charge on any atom is -0.298 e. The standard InChI is InChI=1S/C11H20IN/c1-8(2)13-6-5-9-3-4-10(12)7-11(9)13/h8-11H,3-7H2,1-2H3. The lowest BCUT2D eigenvalue weighted by atomic mass is 9.85. The highest BCUT2D eigenvalue weighted by Crippen LogP contribution is 2.39. The van der Waals surface area contributed by atoms with E-state index in [2.05, 4.69) is 41.3 Å². The second kappa shape index (κ2) is 4.05. The first-order valence-electron chi connectivity index (χ1n) is 5.58. The number of hydrogen-bond acceptors (Lipinski definition) is 1. The Labute approximate surface area is 95.4 Å². The summed E-state index contributed by atoms with van der Waals surface area (Å²) in [6.07, 6.45) is 5.87. The number of likely N-dealkylation sites (tertiary alicyclic amines) is 1. The first-order valence-corrected chi connectivity index (χ1v) is 6.83. The van der Waals surface area contributed by atoms with E-state index in [4.69, 9.17) is 0 Å². The zero-order chi connectivity index (χ0) is 9.42. The molecule has 76 valence electrons. The van der Waals surface area contributed by atoms with Crippen molar-refractivity contribution in [1.29, 1.82) is 0 Å². The highest BCUT2D eigenvalue weighted by molar-refractivity contribution is 14.1. The summed E-state index contributed by atoms with van der Waals surface area (Å²) in [5, 5.41) is 0. The van der Waals surface area contributed by atoms with Crippen LogP contribution < -0.4 is 0 Å². The van der Waals surface area contributed by atoms with E-state index in [1.807, 2.05) is 0 Å². The van der Waals surface area contributed by atoms with Crippen LogP contribution >= 0.6 is 22.6 Å². The summed E-state index contributed by atoms with van der Waals surface area (Å²) in [5.74, 6) is 1.04. The Balaban J connectivity index is 2.02. The molecule has 0 spiro atoms. The SMILES string of the molecule is CC(C)N1CCC2CCC(I)CC21. The van der Waals surface area contributed by atoms with Crippen molar-refractivity contribution in [3.8, 4) is 0 Å². The summed E-state index contributed by atoms with van der Waals surface area (Å²) in [7, 11) is 0. The Hall–Kier alpha value is 0.690. The number of nitrogens with zero attached hydrogens (tertiary/aromatic N) is 1. The number of alkyl halides is 1. The smallest absolute Gasteiger partial charge is 0.0137 e. The highest BCUT2D eigenvalue weighted by Gasteiger charge is 2.38. The van der Waals surface area contributed by atoms with E-state index in [1.54, 1.807) is 0 Å². The summed E-state index contributed by atoms with van der Waals surface area (Å²) in [6.45, 7) is 6.05. The molecule has 0 bridgehead atoms. The van der Waals surface area contributed by atoms with Gasteiger partial charge in [-0.25, -0.2) is 0 Å². The molecular weight excluding hydrogens is 273 g/mol. The fraction of sp³-hybridized carbons (Fsp3) is 1.00. The van der Waals surface area contributed by atoms with E-state index >= 15 is 0 Å². The number of hydrogen-bond donors (Lipinski definition) is 0. The summed E-state index contributed by atoms with van der Waals surface area (Å²) in [4.78, 5) is 2.73. The van der Waals surface area contributed by atoms with Crippen molar-refractivity contribution in [1.82, 2.24) is 4.90 Å². The molecule has 0 N–H and O–H groups in total. The van der Waals surface area contributed by atoms with Gasteiger partial charge in [0.15, 0.2) is 0 Å². The average molecular weight is 293 g/mol. The van der Waals surface area contributed by atoms with Gasteiger partial charge in [-0.1, -0.05) is 22.6 Å². The second-order valence-electron chi connectivity index (χ2n) is 4.86. The average Bonchev–Trinajstić information content (AvgIpc) is 2.46. The first-order chi connectivity index (χ1) is 6.18. The summed E-state index contributed by atoms with van der Waals surface area (Å²) in [6, 6.07) is 1.69. The summed E-state index contributed by atoms with van der Waals surface area (Å²) >= 11 is 2.64. The predicted molar refractivity (Wildman–Crippen MR) is 65.4 cm³/mol. The second-order valence-corrected chi connectivity index (χ2v) is 6.62. The van der Waals surface area contributed by atoms with Gasteiger partial charge in [-0.05, 0) is 52.0 Å². The maximum Gasteiger partial charge on any atom is 0.0137 e. The van der Waals surface area contributed by atoms with Crippen LogP contribution in [0.25, 0.3) is 0 Å². The number of halogens is 1. The van der Waals surface area contributed by atoms with Crippen LogP contribution in [-0.4, -0.2) is 27.5 Å². The third-order valence-corrected chi connectivity index (χ3v) is 4.87. The minimum absolute atomic E-state index is 0.761. The molecule has 1 aliphatic carbocycles. The molecule has 0 aromatic heterocycles. The fourth-order valence-electron chi connectivity index (χ4n) is 3.02. The Morgan fingerprint density at radius 3 is 2.69 bits per heavy atom. The van der Waals surface area contributed by atoms with Crippen molar-refractivity contribution in [3.63, 3.8) is 0 Å². The van der Waals surface area contributed by atoms with E-state index in [0.717, 1.165) is 21.9 Å². The van der Waals surface area contributed by atoms with Gasteiger partial charge in [-0.15, -0.1) is 0 Å². The molecule has 3 unspecified atom stereocenters. The Morgan fingerprint density at radius 2 is 2.00 bits per heavy atom. The molecule has 1 aliphatic heterocycles. The van der Waals surface area contributed by atoms with Gasteiger partial charge in [0.1, 0.15) is 0 Å². The monoisotopic (exact) mass is 293 g/mol. The normalized spacial score (nSPS) is 41.1. The maximum atomic E-state index is 2.73. The van der Waals surface area contributed by atoms with Crippen LogP contribution in [0.15, 0.2) is 0 Å². The van der Waals surface area contributed by atoms with Gasteiger partial charge in [0.05, 0.1) is 0 Å². The lowest BCUT2D eigenvalue weighted by Crippen LogP contribution is -2.41. The van der Waals surface area contributed by atoms with Crippen molar-refractivity contribution in [3.05, 3.63) is 0 Å². The maximum absolute atomic E-state index is 2.73. The van der Waals surface area contributed by atoms with Gasteiger partial charge in [-0.3, -0.25) is 4.90 Å². The quantitative estimate of drug-likeness (QED) is 0.530. The van der Waals surface area contributed by atoms with Crippen LogP contribution in [0.1, 0.15) is 39.5 Å².